The van der Waals surface area contributed by atoms with Crippen LogP contribution in [-0.2, 0) is 16.4 Å². The average molecular weight is 421 g/mol. The summed E-state index contributed by atoms with van der Waals surface area (Å²) in [5, 5.41) is 2.81. The molecule has 8 heteroatoms. The molecule has 0 spiro atoms. The topological polar surface area (TPSA) is 93.7 Å². The van der Waals surface area contributed by atoms with Gasteiger partial charge in [-0.1, -0.05) is 18.2 Å². The number of rotatable bonds is 8. The number of amides is 1. The number of ether oxygens (including phenoxy) is 2. The minimum atomic E-state index is -3.86. The van der Waals surface area contributed by atoms with Crippen LogP contribution < -0.4 is 19.5 Å². The maximum Gasteiger partial charge on any atom is 0.251 e. The molecule has 0 saturated heterocycles. The first-order valence-electron chi connectivity index (χ1n) is 9.19. The zero-order valence-electron chi connectivity index (χ0n) is 17.4. The molecule has 2 N–H and O–H groups in total. The Morgan fingerprint density at radius 3 is 2.28 bits per heavy atom. The minimum Gasteiger partial charge on any atom is -0.496 e. The predicted molar refractivity (Wildman–Crippen MR) is 112 cm³/mol. The van der Waals surface area contributed by atoms with Crippen LogP contribution in [0.25, 0.3) is 0 Å². The summed E-state index contributed by atoms with van der Waals surface area (Å²) in [6.07, 6.45) is 0.586. The molecule has 0 radical (unpaired) electrons. The van der Waals surface area contributed by atoms with Gasteiger partial charge in [-0.15, -0.1) is 0 Å². The van der Waals surface area contributed by atoms with Gasteiger partial charge in [0.15, 0.2) is 0 Å². The molecule has 0 bridgehead atoms. The Kier molecular flexibility index (Phi) is 7.26. The Morgan fingerprint density at radius 1 is 1.00 bits per heavy atom. The van der Waals surface area contributed by atoms with Crippen molar-refractivity contribution in [1.82, 2.24) is 10.0 Å². The summed E-state index contributed by atoms with van der Waals surface area (Å²) in [5.74, 6) is 0.565. The third-order valence-corrected chi connectivity index (χ3v) is 5.81. The number of carbonyl (C=O) groups excluding carboxylic acids is 1. The Morgan fingerprint density at radius 2 is 1.66 bits per heavy atom. The summed E-state index contributed by atoms with van der Waals surface area (Å²) in [4.78, 5) is 12.5. The molecule has 1 amide bonds. The largest absolute Gasteiger partial charge is 0.496 e. The number of benzene rings is 2. The SMILES string of the molecule is COc1ccccc1CCNC(=O)c1ccc(OC)c(S(=O)(=O)NC(C)(C)C)c1. The zero-order chi connectivity index (χ0) is 21.7. The van der Waals surface area contributed by atoms with Gasteiger partial charge in [0.1, 0.15) is 16.4 Å². The van der Waals surface area contributed by atoms with Crippen LogP contribution in [0.2, 0.25) is 0 Å². The van der Waals surface area contributed by atoms with E-state index in [4.69, 9.17) is 9.47 Å². The van der Waals surface area contributed by atoms with E-state index in [-0.39, 0.29) is 22.1 Å². The first kappa shape index (κ1) is 22.7. The lowest BCUT2D eigenvalue weighted by atomic mass is 10.1. The quantitative estimate of drug-likeness (QED) is 0.685. The number of sulfonamides is 1. The first-order valence-corrected chi connectivity index (χ1v) is 10.7. The van der Waals surface area contributed by atoms with Crippen LogP contribution in [0.5, 0.6) is 11.5 Å². The van der Waals surface area contributed by atoms with E-state index >= 15 is 0 Å². The minimum absolute atomic E-state index is 0.0766. The summed E-state index contributed by atoms with van der Waals surface area (Å²) < 4.78 is 38.5. The first-order chi connectivity index (χ1) is 13.6. The molecule has 0 aromatic heterocycles. The molecule has 2 aromatic carbocycles. The second-order valence-electron chi connectivity index (χ2n) is 7.54. The molecule has 158 valence electrons. The fraction of sp³-hybridized carbons (Fsp3) is 0.381. The molecule has 2 aromatic rings. The smallest absolute Gasteiger partial charge is 0.251 e. The fourth-order valence-electron chi connectivity index (χ4n) is 2.81. The second kappa shape index (κ2) is 9.28. The zero-order valence-corrected chi connectivity index (χ0v) is 18.2. The summed E-state index contributed by atoms with van der Waals surface area (Å²) >= 11 is 0. The number of carbonyl (C=O) groups is 1. The third-order valence-electron chi connectivity index (χ3n) is 4.03. The molecule has 2 rings (SSSR count). The van der Waals surface area contributed by atoms with Crippen molar-refractivity contribution < 1.29 is 22.7 Å². The van der Waals surface area contributed by atoms with Crippen molar-refractivity contribution in [3.63, 3.8) is 0 Å². The van der Waals surface area contributed by atoms with Crippen molar-refractivity contribution >= 4 is 15.9 Å². The van der Waals surface area contributed by atoms with Crippen molar-refractivity contribution in [2.75, 3.05) is 20.8 Å². The molecule has 0 heterocycles. The van der Waals surface area contributed by atoms with Gasteiger partial charge in [-0.2, -0.15) is 0 Å². The maximum atomic E-state index is 12.7. The summed E-state index contributed by atoms with van der Waals surface area (Å²) in [6, 6.07) is 11.9. The van der Waals surface area contributed by atoms with E-state index < -0.39 is 15.6 Å². The molecule has 7 nitrogen and oxygen atoms in total. The summed E-state index contributed by atoms with van der Waals surface area (Å²) in [6.45, 7) is 5.61. The molecule has 0 aliphatic heterocycles. The molecule has 0 unspecified atom stereocenters. The van der Waals surface area contributed by atoms with Crippen LogP contribution in [0.4, 0.5) is 0 Å². The highest BCUT2D eigenvalue weighted by Gasteiger charge is 2.26. The number of hydrogen-bond donors (Lipinski definition) is 2. The van der Waals surface area contributed by atoms with Gasteiger partial charge in [-0.25, -0.2) is 13.1 Å². The summed E-state index contributed by atoms with van der Waals surface area (Å²) in [5.41, 5.74) is 0.541. The van der Waals surface area contributed by atoms with E-state index in [1.165, 1.54) is 25.3 Å². The normalized spacial score (nSPS) is 11.8. The van der Waals surface area contributed by atoms with E-state index in [0.717, 1.165) is 11.3 Å². The number of hydrogen-bond acceptors (Lipinski definition) is 5. The molecule has 29 heavy (non-hydrogen) atoms. The molecule has 0 aliphatic rings. The van der Waals surface area contributed by atoms with Gasteiger partial charge < -0.3 is 14.8 Å². The Labute approximate surface area is 172 Å². The van der Waals surface area contributed by atoms with E-state index in [9.17, 15) is 13.2 Å². The van der Waals surface area contributed by atoms with Crippen molar-refractivity contribution in [1.29, 1.82) is 0 Å². The molecule has 0 fully saturated rings. The van der Waals surface area contributed by atoms with Crippen LogP contribution in [0.3, 0.4) is 0 Å². The van der Waals surface area contributed by atoms with E-state index in [1.54, 1.807) is 27.9 Å². The molecule has 0 saturated carbocycles. The van der Waals surface area contributed by atoms with Gasteiger partial charge in [0.25, 0.3) is 5.91 Å². The highest BCUT2D eigenvalue weighted by molar-refractivity contribution is 7.89. The van der Waals surface area contributed by atoms with E-state index in [0.29, 0.717) is 13.0 Å². The lowest BCUT2D eigenvalue weighted by Gasteiger charge is -2.21. The van der Waals surface area contributed by atoms with Crippen molar-refractivity contribution in [3.05, 3.63) is 53.6 Å². The molecular weight excluding hydrogens is 392 g/mol. The highest BCUT2D eigenvalue weighted by Crippen LogP contribution is 2.26. The number of para-hydroxylation sites is 1. The van der Waals surface area contributed by atoms with Crippen LogP contribution in [0.15, 0.2) is 47.4 Å². The molecule has 0 aliphatic carbocycles. The van der Waals surface area contributed by atoms with E-state index in [1.807, 2.05) is 24.3 Å². The second-order valence-corrected chi connectivity index (χ2v) is 9.19. The van der Waals surface area contributed by atoms with Gasteiger partial charge in [0.05, 0.1) is 14.2 Å². The van der Waals surface area contributed by atoms with Gasteiger partial charge in [0, 0.05) is 17.6 Å². The Balaban J connectivity index is 2.17. The van der Waals surface area contributed by atoms with Crippen LogP contribution in [0, 0.1) is 0 Å². The molecular formula is C21H28N2O5S. The van der Waals surface area contributed by atoms with Crippen LogP contribution in [-0.4, -0.2) is 40.6 Å². The standard InChI is InChI=1S/C21H28N2O5S/c1-21(2,3)23-29(25,26)19-14-16(10-11-18(19)28-5)20(24)22-13-12-15-8-6-7-9-17(15)27-4/h6-11,14,23H,12-13H2,1-5H3,(H,22,24). The van der Waals surface area contributed by atoms with Crippen LogP contribution >= 0.6 is 0 Å². The Bertz CT molecular complexity index is 965. The van der Waals surface area contributed by atoms with Gasteiger partial charge in [0.2, 0.25) is 10.0 Å². The average Bonchev–Trinajstić information content (AvgIpc) is 2.66. The highest BCUT2D eigenvalue weighted by atomic mass is 32.2. The van der Waals surface area contributed by atoms with Gasteiger partial charge in [-0.3, -0.25) is 4.79 Å². The van der Waals surface area contributed by atoms with Crippen LogP contribution in [0.1, 0.15) is 36.7 Å². The summed E-state index contributed by atoms with van der Waals surface area (Å²) in [7, 11) is -0.874. The maximum absolute atomic E-state index is 12.7. The van der Waals surface area contributed by atoms with Crippen molar-refractivity contribution in [3.8, 4) is 11.5 Å². The predicted octanol–water partition coefficient (Wildman–Crippen LogP) is 2.75. The Hall–Kier alpha value is -2.58. The molecule has 0 atom stereocenters. The van der Waals surface area contributed by atoms with Crippen molar-refractivity contribution in [2.24, 2.45) is 0 Å². The fourth-order valence-corrected chi connectivity index (χ4v) is 4.42. The van der Waals surface area contributed by atoms with Gasteiger partial charge in [-0.05, 0) is 57.0 Å². The lowest BCUT2D eigenvalue weighted by Crippen LogP contribution is -2.40. The third kappa shape index (κ3) is 6.20. The van der Waals surface area contributed by atoms with Gasteiger partial charge >= 0.3 is 0 Å². The van der Waals surface area contributed by atoms with Crippen molar-refractivity contribution in [2.45, 2.75) is 37.6 Å². The van der Waals surface area contributed by atoms with E-state index in [2.05, 4.69) is 10.0 Å². The lowest BCUT2D eigenvalue weighted by molar-refractivity contribution is 0.0953. The number of methoxy groups -OCH3 is 2. The monoisotopic (exact) mass is 420 g/mol. The number of nitrogens with one attached hydrogen (secondary N) is 2.